The Morgan fingerprint density at radius 1 is 1.45 bits per heavy atom. The minimum absolute atomic E-state index is 0.254. The first kappa shape index (κ1) is 13.3. The van der Waals surface area contributed by atoms with Gasteiger partial charge in [0.25, 0.3) is 5.78 Å². The Morgan fingerprint density at radius 3 is 3.15 bits per heavy atom. The first-order chi connectivity index (χ1) is 9.81. The predicted octanol–water partition coefficient (Wildman–Crippen LogP) is 1.29. The Kier molecular flexibility index (Phi) is 3.82. The van der Waals surface area contributed by atoms with E-state index in [0.29, 0.717) is 11.7 Å². The number of fused-ring (bicyclic) bond motifs is 1. The van der Waals surface area contributed by atoms with Gasteiger partial charge in [-0.15, -0.1) is 0 Å². The third kappa shape index (κ3) is 2.47. The summed E-state index contributed by atoms with van der Waals surface area (Å²) in [7, 11) is 0. The van der Waals surface area contributed by atoms with Crippen molar-refractivity contribution in [3.05, 3.63) is 18.1 Å². The van der Waals surface area contributed by atoms with Crippen LogP contribution in [0.3, 0.4) is 0 Å². The van der Waals surface area contributed by atoms with Crippen LogP contribution < -0.4 is 4.90 Å². The molecule has 1 unspecified atom stereocenters. The first-order valence-corrected chi connectivity index (χ1v) is 7.37. The van der Waals surface area contributed by atoms with Crippen LogP contribution >= 0.6 is 0 Å². The van der Waals surface area contributed by atoms with E-state index in [0.717, 1.165) is 50.3 Å². The molecule has 6 heteroatoms. The van der Waals surface area contributed by atoms with Crippen LogP contribution in [-0.2, 0) is 6.42 Å². The molecule has 1 saturated heterocycles. The van der Waals surface area contributed by atoms with Crippen LogP contribution in [0.5, 0.6) is 0 Å². The van der Waals surface area contributed by atoms with Crippen molar-refractivity contribution >= 4 is 11.6 Å². The van der Waals surface area contributed by atoms with E-state index in [-0.39, 0.29) is 6.61 Å². The molecule has 6 nitrogen and oxygen atoms in total. The van der Waals surface area contributed by atoms with Crippen molar-refractivity contribution in [2.24, 2.45) is 5.92 Å². The number of nitrogens with zero attached hydrogens (tertiary/aromatic N) is 5. The van der Waals surface area contributed by atoms with Gasteiger partial charge >= 0.3 is 0 Å². The number of rotatable bonds is 4. The monoisotopic (exact) mass is 275 g/mol. The molecule has 1 atom stereocenters. The van der Waals surface area contributed by atoms with Crippen molar-refractivity contribution in [1.82, 2.24) is 19.6 Å². The molecule has 0 aliphatic carbocycles. The molecule has 3 rings (SSSR count). The summed E-state index contributed by atoms with van der Waals surface area (Å²) < 4.78 is 1.80. The number of aliphatic hydroxyl groups excluding tert-OH is 1. The molecule has 108 valence electrons. The van der Waals surface area contributed by atoms with E-state index in [1.54, 1.807) is 10.8 Å². The van der Waals surface area contributed by atoms with E-state index in [4.69, 9.17) is 0 Å². The first-order valence-electron chi connectivity index (χ1n) is 7.37. The zero-order valence-corrected chi connectivity index (χ0v) is 11.9. The summed E-state index contributed by atoms with van der Waals surface area (Å²) in [5, 5.41) is 13.7. The molecule has 3 heterocycles. The average molecular weight is 275 g/mol. The van der Waals surface area contributed by atoms with E-state index in [2.05, 4.69) is 33.0 Å². The summed E-state index contributed by atoms with van der Waals surface area (Å²) in [6.07, 6.45) is 5.77. The number of aromatic nitrogens is 4. The van der Waals surface area contributed by atoms with Crippen molar-refractivity contribution in [1.29, 1.82) is 0 Å². The van der Waals surface area contributed by atoms with Gasteiger partial charge in [-0.25, -0.2) is 4.98 Å². The zero-order chi connectivity index (χ0) is 13.9. The highest BCUT2D eigenvalue weighted by atomic mass is 16.3. The fourth-order valence-electron chi connectivity index (χ4n) is 2.88. The maximum Gasteiger partial charge on any atom is 0.254 e. The van der Waals surface area contributed by atoms with Gasteiger partial charge in [-0.3, -0.25) is 0 Å². The van der Waals surface area contributed by atoms with E-state index in [1.807, 2.05) is 0 Å². The molecule has 0 aromatic carbocycles. The molecule has 1 aliphatic rings. The Labute approximate surface area is 118 Å². The molecule has 0 radical (unpaired) electrons. The second-order valence-corrected chi connectivity index (χ2v) is 5.46. The zero-order valence-electron chi connectivity index (χ0n) is 11.9. The predicted molar refractivity (Wildman–Crippen MR) is 76.8 cm³/mol. The lowest BCUT2D eigenvalue weighted by atomic mass is 9.99. The van der Waals surface area contributed by atoms with Gasteiger partial charge in [0, 0.05) is 31.5 Å². The lowest BCUT2D eigenvalue weighted by molar-refractivity contribution is 0.208. The molecule has 2 aromatic rings. The third-order valence-corrected chi connectivity index (χ3v) is 3.89. The Balaban J connectivity index is 1.98. The SMILES string of the molecule is CCCc1cc(N2CCCC(CO)C2)n2ncnc2n1. The second-order valence-electron chi connectivity index (χ2n) is 5.46. The Morgan fingerprint density at radius 2 is 2.35 bits per heavy atom. The van der Waals surface area contributed by atoms with E-state index in [9.17, 15) is 5.11 Å². The molecule has 1 fully saturated rings. The highest BCUT2D eigenvalue weighted by molar-refractivity contribution is 5.47. The standard InChI is InChI=1S/C14H21N5O/c1-2-4-12-7-13(19-14(17-12)15-10-16-19)18-6-3-5-11(8-18)9-20/h7,10-11,20H,2-6,8-9H2,1H3. The summed E-state index contributed by atoms with van der Waals surface area (Å²) in [5.41, 5.74) is 1.06. The Bertz CT molecular complexity index is 582. The second kappa shape index (κ2) is 5.75. The van der Waals surface area contributed by atoms with Crippen molar-refractivity contribution < 1.29 is 5.11 Å². The quantitative estimate of drug-likeness (QED) is 0.910. The van der Waals surface area contributed by atoms with Gasteiger partial charge in [0.05, 0.1) is 0 Å². The summed E-state index contributed by atoms with van der Waals surface area (Å²) in [4.78, 5) is 11.1. The largest absolute Gasteiger partial charge is 0.396 e. The average Bonchev–Trinajstić information content (AvgIpc) is 2.95. The van der Waals surface area contributed by atoms with E-state index in [1.165, 1.54) is 0 Å². The molecular weight excluding hydrogens is 254 g/mol. The molecule has 2 aromatic heterocycles. The molecule has 1 aliphatic heterocycles. The number of aryl methyl sites for hydroxylation is 1. The van der Waals surface area contributed by atoms with Crippen molar-refractivity contribution in [2.45, 2.75) is 32.6 Å². The van der Waals surface area contributed by atoms with Crippen LogP contribution in [0, 0.1) is 5.92 Å². The van der Waals surface area contributed by atoms with Gasteiger partial charge in [0.1, 0.15) is 12.1 Å². The molecular formula is C14H21N5O. The summed E-state index contributed by atoms with van der Waals surface area (Å²) in [6, 6.07) is 2.12. The molecule has 0 saturated carbocycles. The fraction of sp³-hybridized carbons (Fsp3) is 0.643. The summed E-state index contributed by atoms with van der Waals surface area (Å²) >= 11 is 0. The number of anilines is 1. The minimum Gasteiger partial charge on any atom is -0.396 e. The van der Waals surface area contributed by atoms with Crippen LogP contribution in [0.15, 0.2) is 12.4 Å². The summed E-state index contributed by atoms with van der Waals surface area (Å²) in [6.45, 7) is 4.28. The van der Waals surface area contributed by atoms with E-state index < -0.39 is 0 Å². The number of hydrogen-bond acceptors (Lipinski definition) is 5. The summed E-state index contributed by atoms with van der Waals surface area (Å²) in [5.74, 6) is 2.07. The smallest absolute Gasteiger partial charge is 0.254 e. The van der Waals surface area contributed by atoms with Gasteiger partial charge in [0.15, 0.2) is 0 Å². The molecule has 0 spiro atoms. The van der Waals surface area contributed by atoms with Crippen LogP contribution in [0.4, 0.5) is 5.82 Å². The normalized spacial score (nSPS) is 19.7. The van der Waals surface area contributed by atoms with Crippen molar-refractivity contribution in [3.8, 4) is 0 Å². The highest BCUT2D eigenvalue weighted by Gasteiger charge is 2.22. The van der Waals surface area contributed by atoms with Crippen molar-refractivity contribution in [2.75, 3.05) is 24.6 Å². The van der Waals surface area contributed by atoms with Gasteiger partial charge in [-0.2, -0.15) is 14.6 Å². The lowest BCUT2D eigenvalue weighted by Crippen LogP contribution is -2.38. The lowest BCUT2D eigenvalue weighted by Gasteiger charge is -2.33. The number of hydrogen-bond donors (Lipinski definition) is 1. The van der Waals surface area contributed by atoms with Crippen LogP contribution in [0.2, 0.25) is 0 Å². The van der Waals surface area contributed by atoms with E-state index >= 15 is 0 Å². The third-order valence-electron chi connectivity index (χ3n) is 3.89. The van der Waals surface area contributed by atoms with Gasteiger partial charge in [-0.05, 0) is 25.2 Å². The molecule has 1 N–H and O–H groups in total. The van der Waals surface area contributed by atoms with Gasteiger partial charge in [-0.1, -0.05) is 13.3 Å². The molecule has 0 bridgehead atoms. The van der Waals surface area contributed by atoms with Gasteiger partial charge < -0.3 is 10.0 Å². The Hall–Kier alpha value is -1.69. The topological polar surface area (TPSA) is 66.5 Å². The van der Waals surface area contributed by atoms with Crippen molar-refractivity contribution in [3.63, 3.8) is 0 Å². The highest BCUT2D eigenvalue weighted by Crippen LogP contribution is 2.23. The fourth-order valence-corrected chi connectivity index (χ4v) is 2.88. The molecule has 20 heavy (non-hydrogen) atoms. The maximum absolute atomic E-state index is 9.39. The minimum atomic E-state index is 0.254. The van der Waals surface area contributed by atoms with Crippen LogP contribution in [0.25, 0.3) is 5.78 Å². The maximum atomic E-state index is 9.39. The number of piperidine rings is 1. The van der Waals surface area contributed by atoms with Gasteiger partial charge in [0.2, 0.25) is 0 Å². The van der Waals surface area contributed by atoms with Crippen LogP contribution in [-0.4, -0.2) is 44.4 Å². The molecule has 0 amide bonds. The van der Waals surface area contributed by atoms with Crippen LogP contribution in [0.1, 0.15) is 31.9 Å². The number of aliphatic hydroxyl groups is 1.